The molecule has 0 saturated heterocycles. The van der Waals surface area contributed by atoms with E-state index >= 15 is 0 Å². The molecule has 0 saturated carbocycles. The second kappa shape index (κ2) is 2.83. The third-order valence-corrected chi connectivity index (χ3v) is 0.578. The van der Waals surface area contributed by atoms with E-state index in [0.29, 0.717) is 0 Å². The maximum atomic E-state index is 3.74. The molecule has 0 aliphatic heterocycles. The molecule has 0 bridgehead atoms. The molecule has 0 fully saturated rings. The second-order valence-electron chi connectivity index (χ2n) is 1.15. The average Bonchev–Trinajstić information content (AvgIpc) is 1.86. The molecule has 42 valence electrons. The number of rotatable bonds is 0. The third-order valence-electron chi connectivity index (χ3n) is 0.578. The number of H-pyrrole nitrogens is 1. The fourth-order valence-corrected chi connectivity index (χ4v) is 0.289. The van der Waals surface area contributed by atoms with Gasteiger partial charge in [0.05, 0.1) is 0 Å². The predicted octanol–water partition coefficient (Wildman–Crippen LogP) is 0.516. The molecular formula is C4H5CuN2. The summed E-state index contributed by atoms with van der Waals surface area (Å²) in [4.78, 5) is 6.43. The molecular weight excluding hydrogens is 140 g/mol. The molecule has 1 heterocycles. The predicted molar refractivity (Wildman–Crippen MR) is 22.2 cm³/mol. The van der Waals surface area contributed by atoms with Crippen molar-refractivity contribution < 1.29 is 17.1 Å². The molecule has 0 radical (unpaired) electrons. The van der Waals surface area contributed by atoms with Gasteiger partial charge in [-0.25, -0.2) is 0 Å². The van der Waals surface area contributed by atoms with Crippen LogP contribution < -0.4 is 0 Å². The minimum atomic E-state index is 0. The zero-order chi connectivity index (χ0) is 4.41. The minimum Gasteiger partial charge on any atom is -0.467 e. The van der Waals surface area contributed by atoms with Crippen molar-refractivity contribution in [3.63, 3.8) is 0 Å². The summed E-state index contributed by atoms with van der Waals surface area (Å²) in [5.74, 6) is 0. The summed E-state index contributed by atoms with van der Waals surface area (Å²) in [5, 5.41) is 0. The quantitative estimate of drug-likeness (QED) is 0.418. The van der Waals surface area contributed by atoms with Crippen LogP contribution in [-0.4, -0.2) is 9.97 Å². The molecule has 2 nitrogen and oxygen atoms in total. The Morgan fingerprint density at radius 1 is 1.86 bits per heavy atom. The summed E-state index contributed by atoms with van der Waals surface area (Å²) < 4.78 is 0. The van der Waals surface area contributed by atoms with Crippen molar-refractivity contribution in [2.45, 2.75) is 6.92 Å². The summed E-state index contributed by atoms with van der Waals surface area (Å²) in [5.41, 5.74) is 0.981. The first kappa shape index (κ1) is 6.73. The third kappa shape index (κ3) is 1.76. The van der Waals surface area contributed by atoms with Crippen LogP contribution in [-0.2, 0) is 17.1 Å². The van der Waals surface area contributed by atoms with Crippen molar-refractivity contribution >= 4 is 0 Å². The van der Waals surface area contributed by atoms with Gasteiger partial charge in [0.15, 0.2) is 0 Å². The number of hydrogen-bond donors (Lipinski definition) is 1. The van der Waals surface area contributed by atoms with E-state index in [1.54, 1.807) is 6.20 Å². The van der Waals surface area contributed by atoms with Gasteiger partial charge in [-0.3, -0.25) is 0 Å². The van der Waals surface area contributed by atoms with E-state index in [0.717, 1.165) is 5.69 Å². The summed E-state index contributed by atoms with van der Waals surface area (Å²) in [6.07, 6.45) is 4.35. The van der Waals surface area contributed by atoms with Crippen molar-refractivity contribution in [2.75, 3.05) is 0 Å². The van der Waals surface area contributed by atoms with Crippen LogP contribution in [0.4, 0.5) is 0 Å². The van der Waals surface area contributed by atoms with Crippen LogP contribution in [0.25, 0.3) is 0 Å². The van der Waals surface area contributed by atoms with Crippen LogP contribution in [0.1, 0.15) is 5.69 Å². The van der Waals surface area contributed by atoms with E-state index < -0.39 is 0 Å². The Kier molecular flexibility index (Phi) is 2.72. The smallest absolute Gasteiger partial charge is 0.467 e. The van der Waals surface area contributed by atoms with Crippen molar-refractivity contribution in [3.05, 3.63) is 18.2 Å². The Hall–Kier alpha value is -0.271. The molecule has 1 N–H and O–H groups in total. The molecule has 0 amide bonds. The van der Waals surface area contributed by atoms with E-state index in [1.165, 1.54) is 0 Å². The number of aromatic nitrogens is 2. The number of aryl methyl sites for hydroxylation is 1. The maximum absolute atomic E-state index is 3.74. The first-order chi connectivity index (χ1) is 2.89. The minimum absolute atomic E-state index is 0. The second-order valence-corrected chi connectivity index (χ2v) is 1.15. The van der Waals surface area contributed by atoms with Crippen LogP contribution in [0.15, 0.2) is 6.20 Å². The fraction of sp³-hybridized carbons (Fsp3) is 0.250. The summed E-state index contributed by atoms with van der Waals surface area (Å²) in [7, 11) is 0. The summed E-state index contributed by atoms with van der Waals surface area (Å²) in [6.45, 7) is 1.91. The molecule has 3 heteroatoms. The normalized spacial score (nSPS) is 7.57. The zero-order valence-electron chi connectivity index (χ0n) is 3.83. The first-order valence-corrected chi connectivity index (χ1v) is 1.77. The molecule has 1 aromatic heterocycles. The van der Waals surface area contributed by atoms with Gasteiger partial charge in [-0.2, -0.15) is 0 Å². The molecule has 0 unspecified atom stereocenters. The molecule has 0 aromatic carbocycles. The Labute approximate surface area is 52.8 Å². The zero-order valence-corrected chi connectivity index (χ0v) is 4.77. The molecule has 0 aliphatic rings. The Morgan fingerprint density at radius 2 is 2.57 bits per heavy atom. The van der Waals surface area contributed by atoms with Gasteiger partial charge in [0.2, 0.25) is 0 Å². The van der Waals surface area contributed by atoms with Gasteiger partial charge in [-0.1, -0.05) is 6.92 Å². The number of hydrogen-bond acceptors (Lipinski definition) is 1. The van der Waals surface area contributed by atoms with E-state index in [9.17, 15) is 0 Å². The SMILES string of the molecule is Cc1c[nH][c-]n1.[Cu+]. The van der Waals surface area contributed by atoms with Gasteiger partial charge < -0.3 is 9.97 Å². The molecule has 1 aromatic rings. The van der Waals surface area contributed by atoms with Gasteiger partial charge in [0.25, 0.3) is 0 Å². The molecule has 0 spiro atoms. The average molecular weight is 145 g/mol. The Bertz CT molecular complexity index is 113. The van der Waals surface area contributed by atoms with Crippen LogP contribution in [0, 0.1) is 13.3 Å². The van der Waals surface area contributed by atoms with Crippen molar-refractivity contribution in [1.82, 2.24) is 9.97 Å². The Morgan fingerprint density at radius 3 is 2.71 bits per heavy atom. The van der Waals surface area contributed by atoms with Crippen molar-refractivity contribution in [1.29, 1.82) is 0 Å². The van der Waals surface area contributed by atoms with Gasteiger partial charge >= 0.3 is 17.1 Å². The summed E-state index contributed by atoms with van der Waals surface area (Å²) >= 11 is 0. The van der Waals surface area contributed by atoms with E-state index in [4.69, 9.17) is 0 Å². The van der Waals surface area contributed by atoms with Crippen molar-refractivity contribution in [3.8, 4) is 0 Å². The van der Waals surface area contributed by atoms with E-state index in [1.807, 2.05) is 6.92 Å². The number of imidazole rings is 1. The number of aromatic amines is 1. The van der Waals surface area contributed by atoms with Crippen LogP contribution in [0.5, 0.6) is 0 Å². The van der Waals surface area contributed by atoms with Crippen LogP contribution in [0.3, 0.4) is 0 Å². The standard InChI is InChI=1S/C4H5N2.Cu/c1-4-2-5-3-6-4;/h2H,1H3,(H,5,6);/q-1;+1. The van der Waals surface area contributed by atoms with Crippen molar-refractivity contribution in [2.24, 2.45) is 0 Å². The number of nitrogens with zero attached hydrogens (tertiary/aromatic N) is 1. The monoisotopic (exact) mass is 144 g/mol. The molecule has 0 aliphatic carbocycles. The summed E-state index contributed by atoms with van der Waals surface area (Å²) in [6, 6.07) is 0. The Balaban J connectivity index is 0.000000360. The maximum Gasteiger partial charge on any atom is 1.00 e. The first-order valence-electron chi connectivity index (χ1n) is 1.77. The molecule has 1 rings (SSSR count). The molecule has 0 atom stereocenters. The van der Waals surface area contributed by atoms with Gasteiger partial charge in [0.1, 0.15) is 0 Å². The number of nitrogens with one attached hydrogen (secondary N) is 1. The van der Waals surface area contributed by atoms with E-state index in [2.05, 4.69) is 16.3 Å². The van der Waals surface area contributed by atoms with Crippen LogP contribution in [0.2, 0.25) is 0 Å². The van der Waals surface area contributed by atoms with E-state index in [-0.39, 0.29) is 17.1 Å². The van der Waals surface area contributed by atoms with Gasteiger partial charge in [-0.15, -0.1) is 11.9 Å². The topological polar surface area (TPSA) is 28.7 Å². The van der Waals surface area contributed by atoms with Gasteiger partial charge in [0, 0.05) is 0 Å². The fourth-order valence-electron chi connectivity index (χ4n) is 0.289. The molecule has 7 heavy (non-hydrogen) atoms. The largest absolute Gasteiger partial charge is 1.00 e. The van der Waals surface area contributed by atoms with Gasteiger partial charge in [-0.05, 0) is 6.33 Å². The van der Waals surface area contributed by atoms with Crippen LogP contribution >= 0.6 is 0 Å².